The van der Waals surface area contributed by atoms with Crippen LogP contribution in [-0.2, 0) is 25.4 Å². The van der Waals surface area contributed by atoms with E-state index in [0.717, 1.165) is 52.4 Å². The second kappa shape index (κ2) is 10.0. The molecule has 0 saturated carbocycles. The Hall–Kier alpha value is -3.46. The number of anilines is 1. The number of carbonyl (C=O) groups is 1. The van der Waals surface area contributed by atoms with E-state index in [-0.39, 0.29) is 11.5 Å². The van der Waals surface area contributed by atoms with Crippen LogP contribution in [0.4, 0.5) is 19.0 Å². The third-order valence-electron chi connectivity index (χ3n) is 7.37. The molecule has 0 radical (unpaired) electrons. The summed E-state index contributed by atoms with van der Waals surface area (Å²) >= 11 is 1.79. The first-order valence-corrected chi connectivity index (χ1v) is 13.7. The lowest BCUT2D eigenvalue weighted by Crippen LogP contribution is -2.49. The zero-order valence-electron chi connectivity index (χ0n) is 20.8. The molecule has 5 nitrogen and oxygen atoms in total. The van der Waals surface area contributed by atoms with Gasteiger partial charge in [0, 0.05) is 43.0 Å². The van der Waals surface area contributed by atoms with Crippen LogP contribution in [0.3, 0.4) is 0 Å². The molecule has 38 heavy (non-hydrogen) atoms. The molecular formula is C29H27F3N4OS. The van der Waals surface area contributed by atoms with E-state index >= 15 is 0 Å². The van der Waals surface area contributed by atoms with Crippen LogP contribution in [0.15, 0.2) is 54.6 Å². The standard InChI is InChI=1S/C29H27F3N4OS/c30-29(31,32)21-12-10-20(11-13-21)28(37)36-16-14-35(15-17-36)26-25-22-8-4-5-9-23(22)38-27(25)34-24(33-26)18-19-6-2-1-3-7-19/h1-3,6-7,10-13H,4-5,8-9,14-18H2. The minimum atomic E-state index is -4.42. The molecule has 0 unspecified atom stereocenters. The van der Waals surface area contributed by atoms with Crippen molar-refractivity contribution in [2.45, 2.75) is 38.3 Å². The van der Waals surface area contributed by atoms with Gasteiger partial charge in [-0.1, -0.05) is 30.3 Å². The third-order valence-corrected chi connectivity index (χ3v) is 8.56. The van der Waals surface area contributed by atoms with Gasteiger partial charge in [0.2, 0.25) is 0 Å². The summed E-state index contributed by atoms with van der Waals surface area (Å²) < 4.78 is 38.7. The Morgan fingerprint density at radius 2 is 1.61 bits per heavy atom. The highest BCUT2D eigenvalue weighted by atomic mass is 32.1. The van der Waals surface area contributed by atoms with E-state index in [1.54, 1.807) is 16.2 Å². The largest absolute Gasteiger partial charge is 0.416 e. The van der Waals surface area contributed by atoms with Crippen molar-refractivity contribution < 1.29 is 18.0 Å². The first kappa shape index (κ1) is 24.9. The predicted molar refractivity (Wildman–Crippen MR) is 143 cm³/mol. The minimum Gasteiger partial charge on any atom is -0.352 e. The summed E-state index contributed by atoms with van der Waals surface area (Å²) in [5.41, 5.74) is 2.05. The number of fused-ring (bicyclic) bond motifs is 3. The van der Waals surface area contributed by atoms with Gasteiger partial charge < -0.3 is 9.80 Å². The van der Waals surface area contributed by atoms with Gasteiger partial charge in [0.15, 0.2) is 0 Å². The van der Waals surface area contributed by atoms with E-state index < -0.39 is 11.7 Å². The first-order valence-electron chi connectivity index (χ1n) is 12.9. The molecule has 9 heteroatoms. The van der Waals surface area contributed by atoms with Crippen molar-refractivity contribution >= 4 is 33.3 Å². The number of thiophene rings is 1. The van der Waals surface area contributed by atoms with Crippen LogP contribution in [0.1, 0.15) is 50.6 Å². The number of benzene rings is 2. The van der Waals surface area contributed by atoms with E-state index in [4.69, 9.17) is 9.97 Å². The Morgan fingerprint density at radius 3 is 2.32 bits per heavy atom. The molecule has 196 valence electrons. The fourth-order valence-corrected chi connectivity index (χ4v) is 6.65. The first-order chi connectivity index (χ1) is 18.4. The minimum absolute atomic E-state index is 0.246. The van der Waals surface area contributed by atoms with Crippen molar-refractivity contribution in [3.8, 4) is 0 Å². The molecule has 1 amide bonds. The number of aromatic nitrogens is 2. The maximum absolute atomic E-state index is 13.0. The van der Waals surface area contributed by atoms with Crippen LogP contribution in [0.25, 0.3) is 10.2 Å². The molecule has 3 heterocycles. The molecule has 1 aliphatic heterocycles. The van der Waals surface area contributed by atoms with Crippen LogP contribution >= 0.6 is 11.3 Å². The predicted octanol–water partition coefficient (Wildman–Crippen LogP) is 6.14. The van der Waals surface area contributed by atoms with E-state index in [2.05, 4.69) is 17.0 Å². The highest BCUT2D eigenvalue weighted by Gasteiger charge is 2.31. The molecule has 0 bridgehead atoms. The summed E-state index contributed by atoms with van der Waals surface area (Å²) in [4.78, 5) is 29.5. The molecule has 0 atom stereocenters. The van der Waals surface area contributed by atoms with Crippen LogP contribution in [0.2, 0.25) is 0 Å². The smallest absolute Gasteiger partial charge is 0.352 e. The number of carbonyl (C=O) groups excluding carboxylic acids is 1. The van der Waals surface area contributed by atoms with Crippen LogP contribution in [0, 0.1) is 0 Å². The number of amides is 1. The monoisotopic (exact) mass is 536 g/mol. The Bertz CT molecular complexity index is 1460. The number of aryl methyl sites for hydroxylation is 2. The highest BCUT2D eigenvalue weighted by molar-refractivity contribution is 7.19. The number of hydrogen-bond acceptors (Lipinski definition) is 5. The van der Waals surface area contributed by atoms with E-state index in [9.17, 15) is 18.0 Å². The molecule has 6 rings (SSSR count). The summed E-state index contributed by atoms with van der Waals surface area (Å²) in [7, 11) is 0. The number of piperazine rings is 1. The van der Waals surface area contributed by atoms with Crippen molar-refractivity contribution in [3.63, 3.8) is 0 Å². The lowest BCUT2D eigenvalue weighted by atomic mass is 9.96. The number of nitrogens with zero attached hydrogens (tertiary/aromatic N) is 4. The van der Waals surface area contributed by atoms with Crippen molar-refractivity contribution in [3.05, 3.63) is 87.6 Å². The Balaban J connectivity index is 1.25. The lowest BCUT2D eigenvalue weighted by Gasteiger charge is -2.36. The summed E-state index contributed by atoms with van der Waals surface area (Å²) in [5, 5.41) is 1.16. The molecule has 1 fully saturated rings. The maximum atomic E-state index is 13.0. The molecule has 4 aromatic rings. The van der Waals surface area contributed by atoms with E-state index in [1.165, 1.54) is 35.4 Å². The van der Waals surface area contributed by atoms with Gasteiger partial charge >= 0.3 is 6.18 Å². The number of alkyl halides is 3. The van der Waals surface area contributed by atoms with Gasteiger partial charge in [-0.2, -0.15) is 13.2 Å². The normalized spacial score (nSPS) is 16.1. The molecule has 1 saturated heterocycles. The van der Waals surface area contributed by atoms with Gasteiger partial charge in [0.25, 0.3) is 5.91 Å². The average molecular weight is 537 g/mol. The van der Waals surface area contributed by atoms with Crippen LogP contribution in [0.5, 0.6) is 0 Å². The second-order valence-electron chi connectivity index (χ2n) is 9.87. The summed E-state index contributed by atoms with van der Waals surface area (Å²) in [6.45, 7) is 2.17. The van der Waals surface area contributed by atoms with Gasteiger partial charge in [-0.3, -0.25) is 4.79 Å². The highest BCUT2D eigenvalue weighted by Crippen LogP contribution is 2.40. The number of halogens is 3. The van der Waals surface area contributed by atoms with Gasteiger partial charge in [-0.05, 0) is 61.1 Å². The van der Waals surface area contributed by atoms with Crippen molar-refractivity contribution in [1.82, 2.24) is 14.9 Å². The second-order valence-corrected chi connectivity index (χ2v) is 11.0. The topological polar surface area (TPSA) is 49.3 Å². The van der Waals surface area contributed by atoms with Crippen molar-refractivity contribution in [2.24, 2.45) is 0 Å². The molecule has 0 N–H and O–H groups in total. The Morgan fingerprint density at radius 1 is 0.895 bits per heavy atom. The van der Waals surface area contributed by atoms with Crippen LogP contribution < -0.4 is 4.90 Å². The van der Waals surface area contributed by atoms with Gasteiger partial charge in [0.1, 0.15) is 16.5 Å². The average Bonchev–Trinajstić information content (AvgIpc) is 3.31. The third kappa shape index (κ3) is 4.87. The summed E-state index contributed by atoms with van der Waals surface area (Å²) in [5.74, 6) is 1.49. The maximum Gasteiger partial charge on any atom is 0.416 e. The van der Waals surface area contributed by atoms with Gasteiger partial charge in [-0.15, -0.1) is 11.3 Å². The molecule has 1 aliphatic carbocycles. The Kier molecular flexibility index (Phi) is 6.55. The van der Waals surface area contributed by atoms with E-state index in [1.807, 2.05) is 18.2 Å². The molecule has 2 aliphatic rings. The molecular weight excluding hydrogens is 509 g/mol. The van der Waals surface area contributed by atoms with E-state index in [0.29, 0.717) is 32.6 Å². The molecule has 2 aromatic carbocycles. The van der Waals surface area contributed by atoms with Gasteiger partial charge in [-0.25, -0.2) is 9.97 Å². The zero-order valence-corrected chi connectivity index (χ0v) is 21.6. The SMILES string of the molecule is O=C(c1ccc(C(F)(F)F)cc1)N1CCN(c2nc(Cc3ccccc3)nc3sc4c(c23)CCCC4)CC1. The lowest BCUT2D eigenvalue weighted by molar-refractivity contribution is -0.137. The summed E-state index contributed by atoms with van der Waals surface area (Å²) in [6.07, 6.45) is 0.716. The van der Waals surface area contributed by atoms with Crippen LogP contribution in [-0.4, -0.2) is 47.0 Å². The van der Waals surface area contributed by atoms with Crippen molar-refractivity contribution in [1.29, 1.82) is 0 Å². The zero-order chi connectivity index (χ0) is 26.3. The fraction of sp³-hybridized carbons (Fsp3) is 0.345. The summed E-state index contributed by atoms with van der Waals surface area (Å²) in [6, 6.07) is 14.7. The number of rotatable bonds is 4. The molecule has 0 spiro atoms. The number of hydrogen-bond donors (Lipinski definition) is 0. The van der Waals surface area contributed by atoms with Crippen molar-refractivity contribution in [2.75, 3.05) is 31.1 Å². The molecule has 2 aromatic heterocycles. The Labute approximate surface area is 222 Å². The fourth-order valence-electron chi connectivity index (χ4n) is 5.37. The van der Waals surface area contributed by atoms with Gasteiger partial charge in [0.05, 0.1) is 10.9 Å². The quantitative estimate of drug-likeness (QED) is 0.314.